The van der Waals surface area contributed by atoms with Gasteiger partial charge < -0.3 is 29.6 Å². The highest BCUT2D eigenvalue weighted by molar-refractivity contribution is 5.68. The molecule has 3 aromatic rings. The maximum absolute atomic E-state index is 5.31. The molecular formula is C42H68N10. The summed E-state index contributed by atoms with van der Waals surface area (Å²) in [6, 6.07) is 13.9. The number of H-pyrrole nitrogens is 2. The first-order valence-electron chi connectivity index (χ1n) is 19.2. The summed E-state index contributed by atoms with van der Waals surface area (Å²) in [5.74, 6) is 0. The number of aromatic amines is 2. The van der Waals surface area contributed by atoms with Crippen molar-refractivity contribution in [2.24, 2.45) is 0 Å². The van der Waals surface area contributed by atoms with Gasteiger partial charge in [0.1, 0.15) is 0 Å². The van der Waals surface area contributed by atoms with Gasteiger partial charge in [-0.2, -0.15) is 0 Å². The second kappa shape index (κ2) is 16.9. The molecule has 5 heterocycles. The molecule has 3 aromatic heterocycles. The molecule has 0 aliphatic carbocycles. The Bertz CT molecular complexity index is 1640. The molecule has 0 fully saturated rings. The van der Waals surface area contributed by atoms with Gasteiger partial charge in [-0.3, -0.25) is 19.8 Å². The van der Waals surface area contributed by atoms with Crippen molar-refractivity contribution in [2.75, 3.05) is 109 Å². The van der Waals surface area contributed by atoms with E-state index in [1.54, 1.807) is 0 Å². The van der Waals surface area contributed by atoms with E-state index in [-0.39, 0.29) is 10.8 Å². The van der Waals surface area contributed by atoms with Crippen molar-refractivity contribution in [1.29, 1.82) is 0 Å². The van der Waals surface area contributed by atoms with Gasteiger partial charge in [0.2, 0.25) is 0 Å². The zero-order valence-electron chi connectivity index (χ0n) is 34.5. The van der Waals surface area contributed by atoms with Crippen LogP contribution in [0.15, 0.2) is 36.4 Å². The summed E-state index contributed by atoms with van der Waals surface area (Å²) < 4.78 is 0. The molecular weight excluding hydrogens is 645 g/mol. The monoisotopic (exact) mass is 713 g/mol. The van der Waals surface area contributed by atoms with Crippen molar-refractivity contribution in [2.45, 2.75) is 64.5 Å². The van der Waals surface area contributed by atoms with Crippen LogP contribution in [0.1, 0.15) is 61.6 Å². The van der Waals surface area contributed by atoms with Crippen LogP contribution in [0.5, 0.6) is 0 Å². The summed E-state index contributed by atoms with van der Waals surface area (Å²) in [7, 11) is 17.3. The van der Waals surface area contributed by atoms with E-state index in [2.05, 4.69) is 160 Å². The third-order valence-electron chi connectivity index (χ3n) is 10.5. The van der Waals surface area contributed by atoms with Crippen LogP contribution in [0.2, 0.25) is 0 Å². The smallest absolute Gasteiger partial charge is 0.0487 e. The predicted molar refractivity (Wildman–Crippen MR) is 219 cm³/mol. The van der Waals surface area contributed by atoms with Gasteiger partial charge in [0, 0.05) is 134 Å². The van der Waals surface area contributed by atoms with Gasteiger partial charge in [-0.15, -0.1) is 0 Å². The van der Waals surface area contributed by atoms with Crippen LogP contribution < -0.4 is 0 Å². The minimum Gasteiger partial charge on any atom is -0.355 e. The number of hydrogen-bond acceptors (Lipinski definition) is 8. The lowest BCUT2D eigenvalue weighted by Gasteiger charge is -2.25. The Kier molecular flexibility index (Phi) is 13.0. The van der Waals surface area contributed by atoms with Crippen molar-refractivity contribution >= 4 is 22.1 Å². The molecule has 0 atom stereocenters. The molecule has 2 N–H and O–H groups in total. The van der Waals surface area contributed by atoms with Gasteiger partial charge in [0.15, 0.2) is 0 Å². The fraction of sp³-hybridized carbons (Fsp3) is 0.619. The normalized spacial score (nSPS) is 15.7. The van der Waals surface area contributed by atoms with E-state index in [1.807, 2.05) is 0 Å². The SMILES string of the molecule is CN(C)CCN(CCN(C)C)Cc1cc2cc3nc(cc4[nH]c(cc5nc(cc1[nH]2)CC5(C)C)cc4CN(CCN(C)C)CCN(C)C)CC3(C)C. The van der Waals surface area contributed by atoms with Crippen LogP contribution in [0.4, 0.5) is 0 Å². The molecule has 0 amide bonds. The topological polar surface area (TPSA) is 76.8 Å². The van der Waals surface area contributed by atoms with E-state index in [9.17, 15) is 0 Å². The van der Waals surface area contributed by atoms with E-state index in [0.29, 0.717) is 0 Å². The van der Waals surface area contributed by atoms with Crippen molar-refractivity contribution in [3.05, 3.63) is 70.3 Å². The zero-order chi connectivity index (χ0) is 37.8. The van der Waals surface area contributed by atoms with Gasteiger partial charge in [-0.1, -0.05) is 27.7 Å². The Labute approximate surface area is 314 Å². The Balaban J connectivity index is 1.66. The third-order valence-corrected chi connectivity index (χ3v) is 10.5. The van der Waals surface area contributed by atoms with E-state index in [4.69, 9.17) is 9.97 Å². The summed E-state index contributed by atoms with van der Waals surface area (Å²) in [5.41, 5.74) is 11.5. The van der Waals surface area contributed by atoms with Gasteiger partial charge >= 0.3 is 0 Å². The number of hydrogen-bond donors (Lipinski definition) is 2. The highest BCUT2D eigenvalue weighted by atomic mass is 15.2. The first-order valence-corrected chi connectivity index (χ1v) is 19.2. The summed E-state index contributed by atoms with van der Waals surface area (Å²) in [4.78, 5) is 32.5. The van der Waals surface area contributed by atoms with E-state index < -0.39 is 0 Å². The maximum atomic E-state index is 5.31. The highest BCUT2D eigenvalue weighted by Crippen LogP contribution is 2.34. The largest absolute Gasteiger partial charge is 0.355 e. The lowest BCUT2D eigenvalue weighted by Crippen LogP contribution is -2.36. The Morgan fingerprint density at radius 2 is 0.808 bits per heavy atom. The molecule has 8 bridgehead atoms. The van der Waals surface area contributed by atoms with Crippen LogP contribution in [-0.4, -0.2) is 158 Å². The lowest BCUT2D eigenvalue weighted by molar-refractivity contribution is 0.212. The standard InChI is InChI=1S/C42H68N10/c1-41(2)27-35-23-37-32(30-52(19-15-49(9)10)20-16-50(11)12)22-34(44-37)26-40-42(3,4)28-36(46-40)24-38-31(21-33(43-38)25-39(41)45-35)29-51(17-13-47(5)6)18-14-48(7)8/h21-26,43-44H,13-20,27-30H2,1-12H3. The third kappa shape index (κ3) is 11.0. The van der Waals surface area contributed by atoms with Gasteiger partial charge in [-0.25, -0.2) is 0 Å². The van der Waals surface area contributed by atoms with Crippen molar-refractivity contribution < 1.29 is 0 Å². The molecule has 2 aliphatic heterocycles. The van der Waals surface area contributed by atoms with Crippen molar-refractivity contribution in [3.8, 4) is 0 Å². The van der Waals surface area contributed by atoms with Crippen molar-refractivity contribution in [1.82, 2.24) is 49.3 Å². The van der Waals surface area contributed by atoms with E-state index >= 15 is 0 Å². The average Bonchev–Trinajstić information content (AvgIpc) is 3.74. The molecule has 5 rings (SSSR count). The summed E-state index contributed by atoms with van der Waals surface area (Å²) in [6.07, 6.45) is 1.79. The molecule has 0 saturated carbocycles. The number of fused-ring (bicyclic) bond motifs is 8. The quantitative estimate of drug-likeness (QED) is 0.210. The molecule has 10 nitrogen and oxygen atoms in total. The van der Waals surface area contributed by atoms with Gasteiger partial charge in [0.25, 0.3) is 0 Å². The minimum atomic E-state index is -0.0768. The first kappa shape index (κ1) is 40.1. The van der Waals surface area contributed by atoms with Crippen LogP contribution in [0.3, 0.4) is 0 Å². The Morgan fingerprint density at radius 3 is 1.12 bits per heavy atom. The number of likely N-dealkylation sites (N-methyl/N-ethyl adjacent to an activating group) is 4. The zero-order valence-corrected chi connectivity index (χ0v) is 34.5. The van der Waals surface area contributed by atoms with Crippen LogP contribution in [-0.2, 0) is 36.8 Å². The van der Waals surface area contributed by atoms with Crippen LogP contribution >= 0.6 is 0 Å². The van der Waals surface area contributed by atoms with Crippen molar-refractivity contribution in [3.63, 3.8) is 0 Å². The van der Waals surface area contributed by atoms with Crippen LogP contribution in [0, 0.1) is 0 Å². The number of nitrogens with zero attached hydrogens (tertiary/aromatic N) is 8. The number of rotatable bonds is 16. The molecule has 2 aliphatic rings. The Hall–Kier alpha value is -3.12. The molecule has 0 spiro atoms. The molecule has 286 valence electrons. The van der Waals surface area contributed by atoms with Gasteiger partial charge in [0.05, 0.1) is 0 Å². The number of nitrogens with one attached hydrogen (secondary N) is 2. The van der Waals surface area contributed by atoms with Crippen LogP contribution in [0.25, 0.3) is 22.1 Å². The Morgan fingerprint density at radius 1 is 0.481 bits per heavy atom. The molecule has 52 heavy (non-hydrogen) atoms. The molecule has 0 aromatic carbocycles. The highest BCUT2D eigenvalue weighted by Gasteiger charge is 2.30. The first-order chi connectivity index (χ1) is 24.5. The fourth-order valence-electron chi connectivity index (χ4n) is 7.16. The number of aromatic nitrogens is 4. The molecule has 0 unspecified atom stereocenters. The minimum absolute atomic E-state index is 0.0768. The second-order valence-electron chi connectivity index (χ2n) is 17.8. The lowest BCUT2D eigenvalue weighted by atomic mass is 9.87. The molecule has 0 saturated heterocycles. The second-order valence-corrected chi connectivity index (χ2v) is 17.8. The van der Waals surface area contributed by atoms with E-state index in [0.717, 1.165) is 123 Å². The summed E-state index contributed by atoms with van der Waals surface area (Å²) in [5, 5.41) is 0. The fourth-order valence-corrected chi connectivity index (χ4v) is 7.16. The summed E-state index contributed by atoms with van der Waals surface area (Å²) >= 11 is 0. The predicted octanol–water partition coefficient (Wildman–Crippen LogP) is 5.21. The molecule has 0 radical (unpaired) electrons. The van der Waals surface area contributed by atoms with E-state index in [1.165, 1.54) is 11.1 Å². The summed E-state index contributed by atoms with van der Waals surface area (Å²) in [6.45, 7) is 19.2. The molecule has 10 heteroatoms. The maximum Gasteiger partial charge on any atom is 0.0487 e. The van der Waals surface area contributed by atoms with Gasteiger partial charge in [-0.05, 0) is 104 Å². The average molecular weight is 713 g/mol.